The van der Waals surface area contributed by atoms with Crippen molar-refractivity contribution >= 4 is 15.2 Å². The maximum Gasteiger partial charge on any atom is 1.00 e. The van der Waals surface area contributed by atoms with Gasteiger partial charge in [0, 0.05) is 5.40 Å². The van der Waals surface area contributed by atoms with E-state index in [2.05, 4.69) is 0 Å². The average Bonchev–Trinajstić information content (AvgIpc) is 2.56. The van der Waals surface area contributed by atoms with Crippen LogP contribution in [0.25, 0.3) is 11.1 Å². The Labute approximate surface area is 355 Å². The van der Waals surface area contributed by atoms with Crippen LogP contribution in [-0.2, 0) is 21.7 Å². The molecule has 0 heterocycles. The topological polar surface area (TPSA) is 126 Å². The molecule has 15 heteroatoms. The normalized spacial score (nSPS) is 11.5. The van der Waals surface area contributed by atoms with Crippen LogP contribution in [0.1, 0.15) is 24.0 Å². The first-order chi connectivity index (χ1) is 12.8. The summed E-state index contributed by atoms with van der Waals surface area (Å²) in [5.74, 6) is 0. The summed E-state index contributed by atoms with van der Waals surface area (Å²) < 4.78 is 59.6. The molecule has 0 bridgehead atoms. The third-order valence-corrected chi connectivity index (χ3v) is 7.83. The molecule has 0 unspecified atom stereocenters. The van der Waals surface area contributed by atoms with E-state index in [-0.39, 0.29) is 218 Å². The van der Waals surface area contributed by atoms with Crippen LogP contribution >= 0.6 is 15.2 Å². The first-order valence-electron chi connectivity index (χ1n) is 8.08. The monoisotopic (exact) mass is 590 g/mol. The number of alkyl halides is 3. The Morgan fingerprint density at radius 1 is 0.719 bits per heavy atom. The molecule has 0 saturated heterocycles. The SMILES string of the molecule is O=P([O-])([O-])C(CCCc1ccc(-c2ccc(C(F)(F)F)cc2)cc1)P(=O)([O-])[O-].[K+].[K+].[K+].[K+]. The smallest absolute Gasteiger partial charge is 0.810 e. The molecule has 0 aliphatic heterocycles. The molecule has 154 valence electrons. The summed E-state index contributed by atoms with van der Waals surface area (Å²) in [5, 5.41) is -2.47. The van der Waals surface area contributed by atoms with Gasteiger partial charge in [0.05, 0.1) is 5.56 Å². The van der Waals surface area contributed by atoms with Gasteiger partial charge in [0.2, 0.25) is 0 Å². The summed E-state index contributed by atoms with van der Waals surface area (Å²) in [4.78, 5) is 43.8. The van der Waals surface area contributed by atoms with E-state index in [9.17, 15) is 41.9 Å². The molecule has 2 aromatic carbocycles. The van der Waals surface area contributed by atoms with Crippen LogP contribution < -0.4 is 225 Å². The number of hydrogen-bond acceptors (Lipinski definition) is 6. The second kappa shape index (κ2) is 18.4. The first-order valence-corrected chi connectivity index (χ1v) is 11.3. The predicted octanol–water partition coefficient (Wildman–Crippen LogP) is -10.1. The van der Waals surface area contributed by atoms with Gasteiger partial charge in [-0.1, -0.05) is 51.6 Å². The van der Waals surface area contributed by atoms with Crippen LogP contribution in [0.4, 0.5) is 13.2 Å². The van der Waals surface area contributed by atoms with Gasteiger partial charge in [0.25, 0.3) is 0 Å². The maximum atomic E-state index is 12.6. The molecule has 0 atom stereocenters. The van der Waals surface area contributed by atoms with Gasteiger partial charge in [-0.25, -0.2) is 0 Å². The van der Waals surface area contributed by atoms with Gasteiger partial charge in [-0.15, -0.1) is 0 Å². The van der Waals surface area contributed by atoms with Crippen LogP contribution in [0.5, 0.6) is 0 Å². The standard InChI is InChI=1S/C17H19F3O6P2.4K/c18-17(19,20)15-10-8-14(9-11-15)13-6-4-12(5-7-13)2-1-3-16(27(21,22)23)28(24,25)26;;;;/h4-11,16H,1-3H2,(H2,21,22,23)(H2,24,25,26);;;;/q;4*+1/p-4. The molecule has 32 heavy (non-hydrogen) atoms. The van der Waals surface area contributed by atoms with Crippen molar-refractivity contribution in [3.8, 4) is 11.1 Å². The molecule has 0 saturated carbocycles. The Balaban J connectivity index is -0.00000210. The number of hydrogen-bond donors (Lipinski definition) is 0. The molecule has 6 nitrogen and oxygen atoms in total. The van der Waals surface area contributed by atoms with E-state index < -0.39 is 38.8 Å². The van der Waals surface area contributed by atoms with Crippen LogP contribution in [0.15, 0.2) is 48.5 Å². The number of halogens is 3. The third-order valence-electron chi connectivity index (χ3n) is 4.16. The molecule has 0 spiro atoms. The summed E-state index contributed by atoms with van der Waals surface area (Å²) in [6.45, 7) is 0. The van der Waals surface area contributed by atoms with Gasteiger partial charge in [-0.3, -0.25) is 0 Å². The van der Waals surface area contributed by atoms with Crippen molar-refractivity contribution in [2.45, 2.75) is 30.8 Å². The van der Waals surface area contributed by atoms with Crippen molar-refractivity contribution in [2.24, 2.45) is 0 Å². The Bertz CT molecular complexity index is 880. The van der Waals surface area contributed by atoms with E-state index in [1.165, 1.54) is 12.1 Å². The van der Waals surface area contributed by atoms with Gasteiger partial charge in [-0.05, 0) is 48.1 Å². The molecule has 2 rings (SSSR count). The molecule has 0 aromatic heterocycles. The van der Waals surface area contributed by atoms with Crippen molar-refractivity contribution < 1.29 is 247 Å². The van der Waals surface area contributed by atoms with Gasteiger partial charge in [-0.2, -0.15) is 13.2 Å². The fraction of sp³-hybridized carbons (Fsp3) is 0.294. The van der Waals surface area contributed by atoms with Crippen molar-refractivity contribution in [3.05, 3.63) is 59.7 Å². The minimum atomic E-state index is -5.55. The van der Waals surface area contributed by atoms with Crippen LogP contribution in [0, 0.1) is 0 Å². The van der Waals surface area contributed by atoms with Crippen LogP contribution in [0.2, 0.25) is 0 Å². The Kier molecular flexibility index (Phi) is 23.9. The summed E-state index contributed by atoms with van der Waals surface area (Å²) >= 11 is 0. The number of benzene rings is 2. The van der Waals surface area contributed by atoms with Gasteiger partial charge < -0.3 is 28.7 Å². The minimum absolute atomic E-state index is 0. The molecule has 0 aliphatic rings. The zero-order valence-electron chi connectivity index (χ0n) is 18.3. The van der Waals surface area contributed by atoms with Crippen molar-refractivity contribution in [2.75, 3.05) is 0 Å². The molecular formula is C17H15F3K4O6P2. The molecule has 2 aromatic rings. The molecule has 0 aliphatic carbocycles. The van der Waals surface area contributed by atoms with E-state index in [0.29, 0.717) is 16.7 Å². The van der Waals surface area contributed by atoms with Crippen LogP contribution in [-0.4, -0.2) is 5.40 Å². The largest absolute Gasteiger partial charge is 1.00 e. The zero-order valence-corrected chi connectivity index (χ0v) is 32.6. The number of rotatable bonds is 7. The summed E-state index contributed by atoms with van der Waals surface area (Å²) in [7, 11) is -11.1. The van der Waals surface area contributed by atoms with E-state index >= 15 is 0 Å². The average molecular weight is 591 g/mol. The zero-order chi connectivity index (χ0) is 21.2. The Morgan fingerprint density at radius 3 is 1.44 bits per heavy atom. The summed E-state index contributed by atoms with van der Waals surface area (Å²) in [5.41, 5.74) is 1.15. The van der Waals surface area contributed by atoms with E-state index in [1.807, 2.05) is 0 Å². The van der Waals surface area contributed by atoms with Crippen molar-refractivity contribution in [1.29, 1.82) is 0 Å². The van der Waals surface area contributed by atoms with Gasteiger partial charge in [0.15, 0.2) is 0 Å². The molecule has 0 fully saturated rings. The van der Waals surface area contributed by atoms with E-state index in [4.69, 9.17) is 0 Å². The van der Waals surface area contributed by atoms with Gasteiger partial charge in [0.1, 0.15) is 0 Å². The Morgan fingerprint density at radius 2 is 1.09 bits per heavy atom. The third kappa shape index (κ3) is 14.5. The number of aryl methyl sites for hydroxylation is 1. The second-order valence-electron chi connectivity index (χ2n) is 6.22. The van der Waals surface area contributed by atoms with E-state index in [1.54, 1.807) is 24.3 Å². The van der Waals surface area contributed by atoms with Gasteiger partial charge >= 0.3 is 212 Å². The predicted molar refractivity (Wildman–Crippen MR) is 88.8 cm³/mol. The fourth-order valence-corrected chi connectivity index (χ4v) is 5.08. The van der Waals surface area contributed by atoms with Crippen molar-refractivity contribution in [1.82, 2.24) is 0 Å². The second-order valence-corrected chi connectivity index (χ2v) is 10.0. The molecule has 0 radical (unpaired) electrons. The summed E-state index contributed by atoms with van der Waals surface area (Å²) in [6, 6.07) is 11.2. The van der Waals surface area contributed by atoms with Crippen LogP contribution in [0.3, 0.4) is 0 Å². The fourth-order valence-electron chi connectivity index (χ4n) is 2.69. The molecule has 0 amide bonds. The maximum absolute atomic E-state index is 12.6. The summed E-state index contributed by atoms with van der Waals surface area (Å²) in [6.07, 6.45) is -4.79. The molecule has 0 N–H and O–H groups in total. The minimum Gasteiger partial charge on any atom is -0.810 e. The van der Waals surface area contributed by atoms with Crippen molar-refractivity contribution in [3.63, 3.8) is 0 Å². The van der Waals surface area contributed by atoms with E-state index in [0.717, 1.165) is 12.1 Å². The molecular weight excluding hydrogens is 576 g/mol. The Hall–Kier alpha value is 5.08. The first kappa shape index (κ1) is 41.6. The quantitative estimate of drug-likeness (QED) is 0.233.